The lowest BCUT2D eigenvalue weighted by molar-refractivity contribution is 0.0445. The molecule has 0 heterocycles. The maximum absolute atomic E-state index is 10.4. The van der Waals surface area contributed by atoms with Gasteiger partial charge in [-0.15, -0.1) is 0 Å². The van der Waals surface area contributed by atoms with E-state index in [-0.39, 0.29) is 5.41 Å². The van der Waals surface area contributed by atoms with E-state index in [0.717, 1.165) is 22.2 Å². The third-order valence-corrected chi connectivity index (χ3v) is 3.63. The third-order valence-electron chi connectivity index (χ3n) is 3.14. The molecule has 3 heteroatoms. The average Bonchev–Trinajstić information content (AvgIpc) is 2.28. The molecule has 0 amide bonds. The van der Waals surface area contributed by atoms with Crippen molar-refractivity contribution in [2.75, 3.05) is 7.11 Å². The van der Waals surface area contributed by atoms with Crippen LogP contribution in [0.5, 0.6) is 5.75 Å². The Morgan fingerprint density at radius 1 is 1.44 bits per heavy atom. The molecule has 0 spiro atoms. The molecule has 0 aliphatic rings. The number of hydrogen-bond donors (Lipinski definition) is 1. The van der Waals surface area contributed by atoms with E-state index in [4.69, 9.17) is 4.74 Å². The summed E-state index contributed by atoms with van der Waals surface area (Å²) in [5.41, 5.74) is 0.678. The van der Waals surface area contributed by atoms with E-state index in [9.17, 15) is 5.11 Å². The van der Waals surface area contributed by atoms with Crippen LogP contribution in [0.1, 0.15) is 38.9 Å². The molecule has 2 nitrogen and oxygen atoms in total. The maximum atomic E-state index is 10.4. The third kappa shape index (κ3) is 2.77. The predicted octanol–water partition coefficient (Wildman–Crippen LogP) is 3.93. The van der Waals surface area contributed by atoms with Gasteiger partial charge in [-0.1, -0.05) is 36.7 Å². The Morgan fingerprint density at radius 2 is 2.06 bits per heavy atom. The zero-order chi connectivity index (χ0) is 12.3. The highest BCUT2D eigenvalue weighted by molar-refractivity contribution is 9.10. The molecule has 0 aliphatic carbocycles. The Bertz CT molecular complexity index is 361. The minimum absolute atomic E-state index is 0.159. The maximum Gasteiger partial charge on any atom is 0.124 e. The number of aliphatic hydroxyl groups is 1. The molecule has 0 aliphatic heterocycles. The second kappa shape index (κ2) is 5.19. The van der Waals surface area contributed by atoms with Crippen molar-refractivity contribution in [2.24, 2.45) is 5.41 Å². The number of ether oxygens (including phenoxy) is 1. The van der Waals surface area contributed by atoms with Crippen molar-refractivity contribution in [3.63, 3.8) is 0 Å². The van der Waals surface area contributed by atoms with Gasteiger partial charge in [0.25, 0.3) is 0 Å². The van der Waals surface area contributed by atoms with Gasteiger partial charge in [-0.2, -0.15) is 0 Å². The molecule has 0 radical (unpaired) electrons. The monoisotopic (exact) mass is 286 g/mol. The number of benzene rings is 1. The van der Waals surface area contributed by atoms with Crippen LogP contribution in [-0.4, -0.2) is 12.2 Å². The topological polar surface area (TPSA) is 29.5 Å². The lowest BCUT2D eigenvalue weighted by atomic mass is 9.80. The van der Waals surface area contributed by atoms with E-state index in [0.29, 0.717) is 0 Å². The fourth-order valence-electron chi connectivity index (χ4n) is 1.53. The van der Waals surface area contributed by atoms with Crippen LogP contribution in [0.4, 0.5) is 0 Å². The van der Waals surface area contributed by atoms with E-state index in [1.54, 1.807) is 7.11 Å². The number of methoxy groups -OCH3 is 1. The van der Waals surface area contributed by atoms with Crippen molar-refractivity contribution in [1.82, 2.24) is 0 Å². The zero-order valence-electron chi connectivity index (χ0n) is 10.2. The van der Waals surface area contributed by atoms with Gasteiger partial charge in [0.2, 0.25) is 0 Å². The van der Waals surface area contributed by atoms with Crippen molar-refractivity contribution in [2.45, 2.75) is 33.3 Å². The van der Waals surface area contributed by atoms with Crippen molar-refractivity contribution >= 4 is 15.9 Å². The van der Waals surface area contributed by atoms with E-state index in [2.05, 4.69) is 36.7 Å². The number of hydrogen-bond acceptors (Lipinski definition) is 2. The minimum atomic E-state index is -0.523. The normalized spacial score (nSPS) is 13.6. The first-order valence-electron chi connectivity index (χ1n) is 5.44. The Balaban J connectivity index is 3.16. The number of halogens is 1. The fraction of sp³-hybridized carbons (Fsp3) is 0.538. The molecule has 1 unspecified atom stereocenters. The van der Waals surface area contributed by atoms with Crippen LogP contribution in [0.15, 0.2) is 22.7 Å². The van der Waals surface area contributed by atoms with Gasteiger partial charge < -0.3 is 9.84 Å². The van der Waals surface area contributed by atoms with Crippen molar-refractivity contribution in [3.05, 3.63) is 28.2 Å². The Labute approximate surface area is 106 Å². The van der Waals surface area contributed by atoms with E-state index in [1.807, 2.05) is 18.2 Å². The van der Waals surface area contributed by atoms with Crippen LogP contribution in [0.25, 0.3) is 0 Å². The highest BCUT2D eigenvalue weighted by atomic mass is 79.9. The molecule has 90 valence electrons. The first-order chi connectivity index (χ1) is 7.42. The molecule has 1 aromatic carbocycles. The first kappa shape index (κ1) is 13.5. The Morgan fingerprint density at radius 3 is 2.56 bits per heavy atom. The predicted molar refractivity (Wildman–Crippen MR) is 69.7 cm³/mol. The van der Waals surface area contributed by atoms with Crippen LogP contribution >= 0.6 is 15.9 Å². The summed E-state index contributed by atoms with van der Waals surface area (Å²) in [5.74, 6) is 0.734. The van der Waals surface area contributed by atoms with Crippen LogP contribution in [0, 0.1) is 5.41 Å². The Kier molecular flexibility index (Phi) is 4.39. The van der Waals surface area contributed by atoms with Gasteiger partial charge in [0.15, 0.2) is 0 Å². The molecule has 0 fully saturated rings. The van der Waals surface area contributed by atoms with Gasteiger partial charge in [0.05, 0.1) is 13.2 Å². The highest BCUT2D eigenvalue weighted by Gasteiger charge is 2.29. The zero-order valence-corrected chi connectivity index (χ0v) is 11.8. The molecule has 1 aromatic rings. The molecule has 1 rings (SSSR count). The minimum Gasteiger partial charge on any atom is -0.496 e. The van der Waals surface area contributed by atoms with Gasteiger partial charge in [0, 0.05) is 10.0 Å². The molecule has 0 saturated heterocycles. The van der Waals surface area contributed by atoms with Gasteiger partial charge in [-0.25, -0.2) is 0 Å². The van der Waals surface area contributed by atoms with Crippen molar-refractivity contribution < 1.29 is 9.84 Å². The number of aliphatic hydroxyl groups excluding tert-OH is 1. The van der Waals surface area contributed by atoms with Crippen LogP contribution in [-0.2, 0) is 0 Å². The van der Waals surface area contributed by atoms with Crippen LogP contribution in [0.2, 0.25) is 0 Å². The quantitative estimate of drug-likeness (QED) is 0.909. The van der Waals surface area contributed by atoms with E-state index in [1.165, 1.54) is 0 Å². The summed E-state index contributed by atoms with van der Waals surface area (Å²) in [6.07, 6.45) is 0.383. The van der Waals surface area contributed by atoms with Gasteiger partial charge in [0.1, 0.15) is 5.75 Å². The summed E-state index contributed by atoms with van der Waals surface area (Å²) in [6.45, 7) is 6.18. The van der Waals surface area contributed by atoms with Gasteiger partial charge in [-0.3, -0.25) is 0 Å². The standard InChI is InChI=1S/C13H19BrO2/c1-5-13(2,3)12(15)10-8-9(14)6-7-11(10)16-4/h6-8,12,15H,5H2,1-4H3. The average molecular weight is 287 g/mol. The highest BCUT2D eigenvalue weighted by Crippen LogP contribution is 2.40. The molecule has 1 N–H and O–H groups in total. The summed E-state index contributed by atoms with van der Waals surface area (Å²) < 4.78 is 6.23. The summed E-state index contributed by atoms with van der Waals surface area (Å²) in [5, 5.41) is 10.4. The molecular weight excluding hydrogens is 268 g/mol. The summed E-state index contributed by atoms with van der Waals surface area (Å²) >= 11 is 3.42. The fourth-order valence-corrected chi connectivity index (χ4v) is 1.91. The Hall–Kier alpha value is -0.540. The lowest BCUT2D eigenvalue weighted by Gasteiger charge is -2.30. The van der Waals surface area contributed by atoms with E-state index >= 15 is 0 Å². The molecule has 0 aromatic heterocycles. The molecule has 16 heavy (non-hydrogen) atoms. The molecule has 1 atom stereocenters. The van der Waals surface area contributed by atoms with Crippen LogP contribution in [0.3, 0.4) is 0 Å². The SMILES string of the molecule is CCC(C)(C)C(O)c1cc(Br)ccc1OC. The number of rotatable bonds is 4. The van der Waals surface area contributed by atoms with Gasteiger partial charge in [-0.05, 0) is 30.0 Å². The molecule has 0 bridgehead atoms. The smallest absolute Gasteiger partial charge is 0.124 e. The summed E-state index contributed by atoms with van der Waals surface area (Å²) in [7, 11) is 1.62. The summed E-state index contributed by atoms with van der Waals surface area (Å²) in [6, 6.07) is 5.70. The first-order valence-corrected chi connectivity index (χ1v) is 6.23. The molecule has 0 saturated carbocycles. The second-order valence-corrected chi connectivity index (χ2v) is 5.55. The second-order valence-electron chi connectivity index (χ2n) is 4.63. The lowest BCUT2D eigenvalue weighted by Crippen LogP contribution is -2.21. The molecular formula is C13H19BrO2. The largest absolute Gasteiger partial charge is 0.496 e. The van der Waals surface area contributed by atoms with Crippen molar-refractivity contribution in [3.8, 4) is 5.75 Å². The summed E-state index contributed by atoms with van der Waals surface area (Å²) in [4.78, 5) is 0. The van der Waals surface area contributed by atoms with Gasteiger partial charge >= 0.3 is 0 Å². The van der Waals surface area contributed by atoms with Crippen molar-refractivity contribution in [1.29, 1.82) is 0 Å². The van der Waals surface area contributed by atoms with Crippen LogP contribution < -0.4 is 4.74 Å². The van der Waals surface area contributed by atoms with E-state index < -0.39 is 6.10 Å².